The number of thioether (sulfide) groups is 2. The molecule has 13 heteroatoms. The minimum Gasteiger partial charge on any atom is -0.533 e. The Hall–Kier alpha value is -6.28. The number of nitrogens with zero attached hydrogens (tertiary/aromatic N) is 4. The van der Waals surface area contributed by atoms with Crippen LogP contribution in [-0.2, 0) is 35.1 Å². The largest absolute Gasteiger partial charge is 0.533 e. The standard InChI is InChI=1S/C33H34N2O3SSi.C17H16N2O3S/c1-33(2,3)40(25-17-11-7-12-18-25,26-19-13-8-14-20-26)38-29-21-28-31(34-23-35(28)4)27(30(29)32(36)37-5)22-39-24-15-9-6-10-16-24;1-19-10-18-16-12(9-23-11-6-4-3-5-7-11)15(17(21)22-2)14(20)8-13(16)19/h6-21,23H,22H2,1-5H3;3-8,10,20H,9H2,1-2H3. The second-order valence-electron chi connectivity index (χ2n) is 15.9. The van der Waals surface area contributed by atoms with E-state index in [0.717, 1.165) is 42.3 Å². The maximum atomic E-state index is 13.6. The van der Waals surface area contributed by atoms with Gasteiger partial charge in [-0.1, -0.05) is 118 Å². The van der Waals surface area contributed by atoms with E-state index in [9.17, 15) is 14.7 Å². The monoisotopic (exact) mass is 894 g/mol. The number of imidazole rings is 2. The van der Waals surface area contributed by atoms with Crippen molar-refractivity contribution in [2.45, 2.75) is 47.1 Å². The molecule has 0 amide bonds. The zero-order valence-corrected chi connectivity index (χ0v) is 39.0. The van der Waals surface area contributed by atoms with E-state index in [4.69, 9.17) is 18.9 Å². The lowest BCUT2D eigenvalue weighted by Crippen LogP contribution is -2.69. The van der Waals surface area contributed by atoms with Gasteiger partial charge in [-0.15, -0.1) is 23.5 Å². The van der Waals surface area contributed by atoms with Gasteiger partial charge in [0.25, 0.3) is 0 Å². The Morgan fingerprint density at radius 2 is 1.02 bits per heavy atom. The normalized spacial score (nSPS) is 11.5. The number of carbonyl (C=O) groups is 2. The fourth-order valence-corrected chi connectivity index (χ4v) is 14.1. The number of hydrogen-bond acceptors (Lipinski definition) is 10. The predicted molar refractivity (Wildman–Crippen MR) is 256 cm³/mol. The summed E-state index contributed by atoms with van der Waals surface area (Å²) in [7, 11) is 3.52. The van der Waals surface area contributed by atoms with E-state index in [1.807, 2.05) is 90.0 Å². The summed E-state index contributed by atoms with van der Waals surface area (Å²) in [4.78, 5) is 37.0. The van der Waals surface area contributed by atoms with Crippen molar-refractivity contribution in [2.24, 2.45) is 14.1 Å². The van der Waals surface area contributed by atoms with Gasteiger partial charge in [-0.25, -0.2) is 19.6 Å². The Balaban J connectivity index is 0.000000219. The number of aromatic nitrogens is 4. The second kappa shape index (κ2) is 19.4. The summed E-state index contributed by atoms with van der Waals surface area (Å²) in [6.45, 7) is 6.68. The van der Waals surface area contributed by atoms with Gasteiger partial charge in [-0.3, -0.25) is 0 Å². The molecular weight excluding hydrogens is 845 g/mol. The Morgan fingerprint density at radius 3 is 1.44 bits per heavy atom. The molecule has 0 spiro atoms. The smallest absolute Gasteiger partial charge is 0.342 e. The molecule has 63 heavy (non-hydrogen) atoms. The van der Waals surface area contributed by atoms with Crippen molar-refractivity contribution in [3.8, 4) is 11.5 Å². The third kappa shape index (κ3) is 9.27. The average molecular weight is 895 g/mol. The van der Waals surface area contributed by atoms with Crippen LogP contribution in [-0.4, -0.2) is 58.7 Å². The highest BCUT2D eigenvalue weighted by molar-refractivity contribution is 7.98. The topological polar surface area (TPSA) is 118 Å². The number of hydrogen-bond donors (Lipinski definition) is 1. The number of fused-ring (bicyclic) bond motifs is 2. The Morgan fingerprint density at radius 1 is 0.619 bits per heavy atom. The SMILES string of the molecule is COC(=O)c1c(O)cc2c(ncn2C)c1CSc1ccccc1.COC(=O)c1c(O[Si](c2ccccc2)(c2ccccc2)C(C)(C)C)cc2c(ncn2C)c1CSc1ccccc1. The number of benzene rings is 6. The van der Waals surface area contributed by atoms with Gasteiger partial charge in [0.05, 0.1) is 48.9 Å². The van der Waals surface area contributed by atoms with Crippen LogP contribution in [0.3, 0.4) is 0 Å². The molecule has 0 aliphatic carbocycles. The van der Waals surface area contributed by atoms with E-state index in [2.05, 4.69) is 86.4 Å². The van der Waals surface area contributed by atoms with Crippen molar-refractivity contribution < 1.29 is 28.6 Å². The maximum Gasteiger partial charge on any atom is 0.342 e. The third-order valence-electron chi connectivity index (χ3n) is 10.9. The number of aromatic hydroxyl groups is 1. The summed E-state index contributed by atoms with van der Waals surface area (Å²) in [5.74, 6) is 0.511. The van der Waals surface area contributed by atoms with Crippen molar-refractivity contribution in [1.29, 1.82) is 0 Å². The molecule has 0 saturated carbocycles. The van der Waals surface area contributed by atoms with Crippen LogP contribution in [0.5, 0.6) is 11.5 Å². The number of aryl methyl sites for hydroxylation is 2. The maximum absolute atomic E-state index is 13.6. The molecule has 0 aliphatic heterocycles. The van der Waals surface area contributed by atoms with Crippen LogP contribution in [0.25, 0.3) is 22.1 Å². The van der Waals surface area contributed by atoms with Crippen LogP contribution in [0.2, 0.25) is 5.04 Å². The molecule has 0 aliphatic rings. The number of carbonyl (C=O) groups excluding carboxylic acids is 2. The van der Waals surface area contributed by atoms with Gasteiger partial charge in [-0.05, 0) is 39.7 Å². The molecule has 0 atom stereocenters. The van der Waals surface area contributed by atoms with Crippen LogP contribution in [0.1, 0.15) is 52.6 Å². The molecule has 1 N–H and O–H groups in total. The summed E-state index contributed by atoms with van der Waals surface area (Å²) in [6.07, 6.45) is 3.46. The Kier molecular flexibility index (Phi) is 13.8. The predicted octanol–water partition coefficient (Wildman–Crippen LogP) is 9.95. The fraction of sp³-hybridized carbons (Fsp3) is 0.200. The van der Waals surface area contributed by atoms with E-state index in [1.165, 1.54) is 14.2 Å². The van der Waals surface area contributed by atoms with Crippen molar-refractivity contribution in [1.82, 2.24) is 19.1 Å². The minimum atomic E-state index is -3.02. The van der Waals surface area contributed by atoms with Crippen LogP contribution in [0.15, 0.2) is 156 Å². The van der Waals surface area contributed by atoms with E-state index in [-0.39, 0.29) is 16.4 Å². The lowest BCUT2D eigenvalue weighted by Gasteiger charge is -2.43. The number of methoxy groups -OCH3 is 2. The van der Waals surface area contributed by atoms with Gasteiger partial charge in [0, 0.05) is 58.7 Å². The molecule has 322 valence electrons. The van der Waals surface area contributed by atoms with Crippen LogP contribution in [0.4, 0.5) is 0 Å². The fourth-order valence-electron chi connectivity index (χ4n) is 7.80. The van der Waals surface area contributed by atoms with Crippen molar-refractivity contribution in [3.63, 3.8) is 0 Å². The third-order valence-corrected chi connectivity index (χ3v) is 17.9. The molecule has 2 aromatic heterocycles. The Labute approximate surface area is 377 Å². The van der Waals surface area contributed by atoms with Gasteiger partial charge in [0.2, 0.25) is 0 Å². The molecule has 8 aromatic rings. The van der Waals surface area contributed by atoms with E-state index < -0.39 is 20.3 Å². The molecule has 2 heterocycles. The van der Waals surface area contributed by atoms with Crippen LogP contribution in [0, 0.1) is 0 Å². The summed E-state index contributed by atoms with van der Waals surface area (Å²) in [5, 5.41) is 12.3. The molecular formula is C50H50N4O6S2Si. The molecule has 0 saturated heterocycles. The molecule has 0 fully saturated rings. The summed E-state index contributed by atoms with van der Waals surface area (Å²) >= 11 is 3.24. The highest BCUT2D eigenvalue weighted by Gasteiger charge is 2.52. The van der Waals surface area contributed by atoms with Gasteiger partial charge in [-0.2, -0.15) is 0 Å². The molecule has 0 unspecified atom stereocenters. The molecule has 0 radical (unpaired) electrons. The number of rotatable bonds is 12. The summed E-state index contributed by atoms with van der Waals surface area (Å²) in [5.41, 5.74) is 5.28. The van der Waals surface area contributed by atoms with Crippen molar-refractivity contribution in [2.75, 3.05) is 14.2 Å². The lowest BCUT2D eigenvalue weighted by molar-refractivity contribution is 0.0587. The van der Waals surface area contributed by atoms with Crippen LogP contribution < -0.4 is 14.8 Å². The number of phenolic OH excluding ortho intramolecular Hbond substituents is 1. The van der Waals surface area contributed by atoms with Gasteiger partial charge in [0.1, 0.15) is 22.6 Å². The van der Waals surface area contributed by atoms with Crippen molar-refractivity contribution >= 4 is 76.2 Å². The zero-order valence-electron chi connectivity index (χ0n) is 36.4. The molecule has 8 rings (SSSR count). The highest BCUT2D eigenvalue weighted by Crippen LogP contribution is 2.42. The van der Waals surface area contributed by atoms with E-state index in [0.29, 0.717) is 33.9 Å². The van der Waals surface area contributed by atoms with Gasteiger partial charge in [0.15, 0.2) is 0 Å². The Bertz CT molecular complexity index is 2810. The molecule has 6 aromatic carbocycles. The highest BCUT2D eigenvalue weighted by atomic mass is 32.2. The number of phenols is 1. The summed E-state index contributed by atoms with van der Waals surface area (Å²) < 4.78 is 21.4. The van der Waals surface area contributed by atoms with Gasteiger partial charge >= 0.3 is 20.3 Å². The quantitative estimate of drug-likeness (QED) is 0.0722. The molecule has 10 nitrogen and oxygen atoms in total. The van der Waals surface area contributed by atoms with Crippen molar-refractivity contribution in [3.05, 3.63) is 168 Å². The molecule has 0 bridgehead atoms. The van der Waals surface area contributed by atoms with Gasteiger partial charge < -0.3 is 28.1 Å². The first kappa shape index (κ1) is 44.8. The first-order chi connectivity index (χ1) is 30.4. The van der Waals surface area contributed by atoms with E-state index in [1.54, 1.807) is 42.2 Å². The minimum absolute atomic E-state index is 0.0865. The van der Waals surface area contributed by atoms with Crippen LogP contribution >= 0.6 is 23.5 Å². The zero-order chi connectivity index (χ0) is 44.7. The second-order valence-corrected chi connectivity index (χ2v) is 22.2. The number of esters is 2. The summed E-state index contributed by atoms with van der Waals surface area (Å²) in [6, 6.07) is 44.4. The lowest BCUT2D eigenvalue weighted by atomic mass is 10.1. The number of ether oxygens (including phenoxy) is 2. The first-order valence-corrected chi connectivity index (χ1v) is 24.2. The average Bonchev–Trinajstić information content (AvgIpc) is 3.87. The van der Waals surface area contributed by atoms with E-state index >= 15 is 0 Å². The first-order valence-electron chi connectivity index (χ1n) is 20.3.